The molecule has 1 aliphatic rings. The molecule has 1 aromatic carbocycles. The van der Waals surface area contributed by atoms with E-state index in [-0.39, 0.29) is 12.0 Å². The predicted octanol–water partition coefficient (Wildman–Crippen LogP) is 2.76. The molecule has 1 aromatic heterocycles. The third kappa shape index (κ3) is 3.04. The molecule has 0 radical (unpaired) electrons. The summed E-state index contributed by atoms with van der Waals surface area (Å²) in [5, 5.41) is 9.30. The minimum atomic E-state index is -0.688. The van der Waals surface area contributed by atoms with Gasteiger partial charge in [0.05, 0.1) is 5.92 Å². The highest BCUT2D eigenvalue weighted by Crippen LogP contribution is 2.25. The molecular formula is C17H21N3O2. The molecule has 0 spiro atoms. The Balaban J connectivity index is 1.71. The number of likely N-dealkylation sites (tertiary alicyclic amines) is 1. The molecule has 0 bridgehead atoms. The van der Waals surface area contributed by atoms with Gasteiger partial charge in [-0.3, -0.25) is 9.69 Å². The number of rotatable bonds is 4. The van der Waals surface area contributed by atoms with E-state index in [1.54, 1.807) is 0 Å². The van der Waals surface area contributed by atoms with Crippen molar-refractivity contribution in [3.63, 3.8) is 0 Å². The van der Waals surface area contributed by atoms with Crippen LogP contribution in [0.1, 0.15) is 25.5 Å². The van der Waals surface area contributed by atoms with E-state index >= 15 is 0 Å². The second kappa shape index (κ2) is 6.32. The van der Waals surface area contributed by atoms with Gasteiger partial charge in [-0.25, -0.2) is 4.98 Å². The lowest BCUT2D eigenvalue weighted by molar-refractivity contribution is -0.145. The maximum Gasteiger partial charge on any atom is 0.308 e. The monoisotopic (exact) mass is 299 g/mol. The molecule has 2 N–H and O–H groups in total. The molecule has 1 aliphatic heterocycles. The zero-order valence-corrected chi connectivity index (χ0v) is 12.7. The minimum Gasteiger partial charge on any atom is -0.481 e. The average Bonchev–Trinajstić information content (AvgIpc) is 2.98. The number of H-pyrrole nitrogens is 1. The Labute approximate surface area is 130 Å². The number of aliphatic carboxylic acids is 1. The van der Waals surface area contributed by atoms with Gasteiger partial charge in [0.1, 0.15) is 5.82 Å². The lowest BCUT2D eigenvalue weighted by atomic mass is 9.90. The number of carboxylic acid groups (broad SMARTS) is 1. The number of aromatic amines is 1. The summed E-state index contributed by atoms with van der Waals surface area (Å²) in [6.45, 7) is 3.65. The highest BCUT2D eigenvalue weighted by molar-refractivity contribution is 5.71. The van der Waals surface area contributed by atoms with Crippen molar-refractivity contribution in [1.82, 2.24) is 14.9 Å². The van der Waals surface area contributed by atoms with E-state index in [2.05, 4.69) is 14.9 Å². The van der Waals surface area contributed by atoms with Gasteiger partial charge in [-0.1, -0.05) is 30.3 Å². The quantitative estimate of drug-likeness (QED) is 0.911. The van der Waals surface area contributed by atoms with Gasteiger partial charge in [-0.05, 0) is 26.3 Å². The van der Waals surface area contributed by atoms with Gasteiger partial charge in [0.2, 0.25) is 0 Å². The van der Waals surface area contributed by atoms with Crippen molar-refractivity contribution in [2.24, 2.45) is 5.92 Å². The van der Waals surface area contributed by atoms with E-state index < -0.39 is 5.97 Å². The van der Waals surface area contributed by atoms with Crippen LogP contribution in [0.4, 0.5) is 0 Å². The number of carboxylic acids is 1. The van der Waals surface area contributed by atoms with Crippen molar-refractivity contribution >= 4 is 5.97 Å². The third-order valence-electron chi connectivity index (χ3n) is 4.49. The zero-order valence-electron chi connectivity index (χ0n) is 12.7. The Hall–Kier alpha value is -2.14. The molecule has 2 aromatic rings. The summed E-state index contributed by atoms with van der Waals surface area (Å²) < 4.78 is 0. The molecule has 0 unspecified atom stereocenters. The first-order valence-electron chi connectivity index (χ1n) is 7.71. The van der Waals surface area contributed by atoms with Crippen molar-refractivity contribution in [1.29, 1.82) is 0 Å². The Morgan fingerprint density at radius 3 is 2.91 bits per heavy atom. The van der Waals surface area contributed by atoms with Crippen molar-refractivity contribution in [2.75, 3.05) is 6.54 Å². The van der Waals surface area contributed by atoms with E-state index in [0.717, 1.165) is 36.5 Å². The van der Waals surface area contributed by atoms with E-state index in [0.29, 0.717) is 6.54 Å². The van der Waals surface area contributed by atoms with E-state index in [9.17, 15) is 9.90 Å². The van der Waals surface area contributed by atoms with Crippen LogP contribution >= 0.6 is 0 Å². The number of piperidine rings is 1. The number of aromatic nitrogens is 2. The van der Waals surface area contributed by atoms with Crippen molar-refractivity contribution in [2.45, 2.75) is 32.4 Å². The number of imidazole rings is 1. The molecule has 5 nitrogen and oxygen atoms in total. The fourth-order valence-corrected chi connectivity index (χ4v) is 3.17. The van der Waals surface area contributed by atoms with Crippen LogP contribution < -0.4 is 0 Å². The number of carbonyl (C=O) groups is 1. The van der Waals surface area contributed by atoms with Gasteiger partial charge in [0.25, 0.3) is 0 Å². The standard InChI is InChI=1S/C17H21N3O2/c1-12-15(17(21)22)8-5-9-20(12)11-14-10-18-16(19-14)13-6-3-2-4-7-13/h2-4,6-7,10,12,15H,5,8-9,11H2,1H3,(H,18,19)(H,21,22)/t12-,15-/m1/s1. The predicted molar refractivity (Wildman–Crippen MR) is 84.3 cm³/mol. The summed E-state index contributed by atoms with van der Waals surface area (Å²) in [5.74, 6) is -0.105. The summed E-state index contributed by atoms with van der Waals surface area (Å²) in [7, 11) is 0. The van der Waals surface area contributed by atoms with Crippen molar-refractivity contribution in [3.05, 3.63) is 42.2 Å². The molecule has 5 heteroatoms. The van der Waals surface area contributed by atoms with Gasteiger partial charge < -0.3 is 10.1 Å². The first kappa shape index (κ1) is 14.8. The molecule has 0 amide bonds. The Morgan fingerprint density at radius 1 is 1.41 bits per heavy atom. The Bertz CT molecular complexity index is 638. The van der Waals surface area contributed by atoms with Crippen LogP contribution in [0, 0.1) is 5.92 Å². The van der Waals surface area contributed by atoms with Crippen LogP contribution in [0.3, 0.4) is 0 Å². The highest BCUT2D eigenvalue weighted by Gasteiger charge is 2.32. The topological polar surface area (TPSA) is 69.2 Å². The van der Waals surface area contributed by atoms with Crippen LogP contribution in [-0.4, -0.2) is 38.5 Å². The number of benzene rings is 1. The molecular weight excluding hydrogens is 278 g/mol. The minimum absolute atomic E-state index is 0.0507. The molecule has 0 aliphatic carbocycles. The lowest BCUT2D eigenvalue weighted by Gasteiger charge is -2.37. The van der Waals surface area contributed by atoms with Crippen LogP contribution in [0.2, 0.25) is 0 Å². The van der Waals surface area contributed by atoms with E-state index in [1.807, 2.05) is 43.5 Å². The van der Waals surface area contributed by atoms with Crippen molar-refractivity contribution < 1.29 is 9.90 Å². The fourth-order valence-electron chi connectivity index (χ4n) is 3.17. The maximum atomic E-state index is 11.3. The van der Waals surface area contributed by atoms with Gasteiger partial charge in [-0.15, -0.1) is 0 Å². The molecule has 0 saturated carbocycles. The van der Waals surface area contributed by atoms with Crippen molar-refractivity contribution in [3.8, 4) is 11.4 Å². The van der Waals surface area contributed by atoms with Gasteiger partial charge in [0.15, 0.2) is 0 Å². The fraction of sp³-hybridized carbons (Fsp3) is 0.412. The summed E-state index contributed by atoms with van der Waals surface area (Å²) in [6.07, 6.45) is 3.55. The van der Waals surface area contributed by atoms with Crippen LogP contribution in [0.25, 0.3) is 11.4 Å². The van der Waals surface area contributed by atoms with Crippen LogP contribution in [-0.2, 0) is 11.3 Å². The zero-order chi connectivity index (χ0) is 15.5. The molecule has 2 atom stereocenters. The molecule has 1 fully saturated rings. The SMILES string of the molecule is C[C@@H]1[C@H](C(=O)O)CCCN1Cc1cnc(-c2ccccc2)[nH]1. The lowest BCUT2D eigenvalue weighted by Crippen LogP contribution is -2.45. The number of hydrogen-bond donors (Lipinski definition) is 2. The van der Waals surface area contributed by atoms with Gasteiger partial charge in [0, 0.05) is 30.0 Å². The highest BCUT2D eigenvalue weighted by atomic mass is 16.4. The van der Waals surface area contributed by atoms with Crippen LogP contribution in [0.5, 0.6) is 0 Å². The second-order valence-electron chi connectivity index (χ2n) is 5.92. The van der Waals surface area contributed by atoms with E-state index in [1.165, 1.54) is 0 Å². The van der Waals surface area contributed by atoms with Crippen LogP contribution in [0.15, 0.2) is 36.5 Å². The summed E-state index contributed by atoms with van der Waals surface area (Å²) in [6, 6.07) is 10.0. The molecule has 3 rings (SSSR count). The normalized spacial score (nSPS) is 22.6. The smallest absolute Gasteiger partial charge is 0.308 e. The second-order valence-corrected chi connectivity index (χ2v) is 5.92. The number of nitrogens with zero attached hydrogens (tertiary/aromatic N) is 2. The average molecular weight is 299 g/mol. The van der Waals surface area contributed by atoms with Gasteiger partial charge in [-0.2, -0.15) is 0 Å². The largest absolute Gasteiger partial charge is 0.481 e. The molecule has 116 valence electrons. The maximum absolute atomic E-state index is 11.3. The number of hydrogen-bond acceptors (Lipinski definition) is 3. The number of nitrogens with one attached hydrogen (secondary N) is 1. The first-order valence-corrected chi connectivity index (χ1v) is 7.71. The Kier molecular flexibility index (Phi) is 4.24. The molecule has 1 saturated heterocycles. The molecule has 22 heavy (non-hydrogen) atoms. The summed E-state index contributed by atoms with van der Waals surface area (Å²) in [4.78, 5) is 21.3. The van der Waals surface area contributed by atoms with E-state index in [4.69, 9.17) is 0 Å². The Morgan fingerprint density at radius 2 is 2.18 bits per heavy atom. The first-order chi connectivity index (χ1) is 10.6. The molecule has 2 heterocycles. The van der Waals surface area contributed by atoms with Gasteiger partial charge >= 0.3 is 5.97 Å². The summed E-state index contributed by atoms with van der Waals surface area (Å²) >= 11 is 0. The summed E-state index contributed by atoms with van der Waals surface area (Å²) in [5.41, 5.74) is 2.08. The third-order valence-corrected chi connectivity index (χ3v) is 4.49.